The smallest absolute Gasteiger partial charge is 0.338 e. The molecule has 0 saturated heterocycles. The van der Waals surface area contributed by atoms with Gasteiger partial charge < -0.3 is 25.4 Å². The molecular weight excluding hydrogens is 322 g/mol. The monoisotopic (exact) mass is 348 g/mol. The second-order valence-electron chi connectivity index (χ2n) is 5.68. The van der Waals surface area contributed by atoms with Gasteiger partial charge in [-0.05, 0) is 12.5 Å². The lowest BCUT2D eigenvalue weighted by Gasteiger charge is -2.28. The number of hydrogen-bond donors (Lipinski definition) is 3. The van der Waals surface area contributed by atoms with E-state index >= 15 is 0 Å². The van der Waals surface area contributed by atoms with Crippen molar-refractivity contribution in [3.63, 3.8) is 0 Å². The van der Waals surface area contributed by atoms with E-state index < -0.39 is 12.0 Å². The summed E-state index contributed by atoms with van der Waals surface area (Å²) in [6.45, 7) is 4.06. The second-order valence-corrected chi connectivity index (χ2v) is 5.68. The van der Waals surface area contributed by atoms with E-state index in [0.717, 1.165) is 18.5 Å². The summed E-state index contributed by atoms with van der Waals surface area (Å²) in [7, 11) is 1.67. The van der Waals surface area contributed by atoms with Gasteiger partial charge >= 0.3 is 12.0 Å². The van der Waals surface area contributed by atoms with Crippen LogP contribution in [-0.2, 0) is 14.3 Å². The molecule has 1 aliphatic rings. The minimum absolute atomic E-state index is 0.280. The molecule has 0 spiro atoms. The first-order chi connectivity index (χ1) is 12.2. The van der Waals surface area contributed by atoms with Crippen LogP contribution in [0.15, 0.2) is 41.6 Å². The first kappa shape index (κ1) is 19.0. The first-order valence-corrected chi connectivity index (χ1v) is 8.50. The number of carbonyl (C=O) groups is 2. The molecule has 7 heteroatoms. The maximum absolute atomic E-state index is 12.5. The van der Waals surface area contributed by atoms with Crippen molar-refractivity contribution in [2.75, 3.05) is 33.4 Å². The van der Waals surface area contributed by atoms with Crippen LogP contribution in [0.1, 0.15) is 24.9 Å². The molecule has 0 bridgehead atoms. The Balaban J connectivity index is 2.25. The van der Waals surface area contributed by atoms with Gasteiger partial charge in [0.15, 0.2) is 0 Å². The van der Waals surface area contributed by atoms with Crippen molar-refractivity contribution < 1.29 is 24.4 Å². The van der Waals surface area contributed by atoms with Gasteiger partial charge in [0.25, 0.3) is 0 Å². The molecule has 1 atom stereocenters. The fourth-order valence-electron chi connectivity index (χ4n) is 2.74. The number of esters is 1. The van der Waals surface area contributed by atoms with Crippen LogP contribution in [0.25, 0.3) is 0 Å². The zero-order valence-electron chi connectivity index (χ0n) is 14.7. The van der Waals surface area contributed by atoms with Gasteiger partial charge in [-0.15, -0.1) is 0 Å². The van der Waals surface area contributed by atoms with E-state index in [4.69, 9.17) is 9.47 Å². The highest BCUT2D eigenvalue weighted by atomic mass is 16.5. The van der Waals surface area contributed by atoms with Gasteiger partial charge in [0.05, 0.1) is 37.1 Å². The van der Waals surface area contributed by atoms with Gasteiger partial charge in [-0.1, -0.05) is 30.3 Å². The normalized spacial score (nSPS) is 17.0. The van der Waals surface area contributed by atoms with Gasteiger partial charge in [0, 0.05) is 13.5 Å². The molecule has 2 rings (SSSR count). The van der Waals surface area contributed by atoms with Crippen molar-refractivity contribution >= 4 is 12.0 Å². The summed E-state index contributed by atoms with van der Waals surface area (Å²) in [5.41, 5.74) is 1.89. The SMILES string of the molecule is CCOC(=O)C1=C(C[NH2+]CCCOC)NC(=O)N[C@H]1c1ccccc1. The molecule has 0 fully saturated rings. The predicted molar refractivity (Wildman–Crippen MR) is 92.7 cm³/mol. The number of amides is 2. The summed E-state index contributed by atoms with van der Waals surface area (Å²) in [4.78, 5) is 24.6. The number of quaternary nitrogens is 1. The Bertz CT molecular complexity index is 616. The third kappa shape index (κ3) is 5.30. The summed E-state index contributed by atoms with van der Waals surface area (Å²) >= 11 is 0. The minimum atomic E-state index is -0.517. The van der Waals surface area contributed by atoms with Gasteiger partial charge in [0.2, 0.25) is 0 Å². The van der Waals surface area contributed by atoms with E-state index in [1.165, 1.54) is 0 Å². The molecule has 25 heavy (non-hydrogen) atoms. The van der Waals surface area contributed by atoms with Crippen LogP contribution < -0.4 is 16.0 Å². The number of nitrogens with one attached hydrogen (secondary N) is 2. The Kier molecular flexibility index (Phi) is 7.43. The summed E-state index contributed by atoms with van der Waals surface area (Å²) in [5.74, 6) is -0.413. The third-order valence-electron chi connectivity index (χ3n) is 3.89. The number of ether oxygens (including phenoxy) is 2. The lowest BCUT2D eigenvalue weighted by molar-refractivity contribution is -0.648. The van der Waals surface area contributed by atoms with Gasteiger partial charge in [-0.3, -0.25) is 0 Å². The fourth-order valence-corrected chi connectivity index (χ4v) is 2.74. The van der Waals surface area contributed by atoms with Crippen LogP contribution in [0.5, 0.6) is 0 Å². The molecule has 1 aromatic carbocycles. The second kappa shape index (κ2) is 9.80. The van der Waals surface area contributed by atoms with Crippen LogP contribution in [0.4, 0.5) is 4.79 Å². The lowest BCUT2D eigenvalue weighted by atomic mass is 9.95. The summed E-state index contributed by atoms with van der Waals surface area (Å²) in [5, 5.41) is 7.63. The highest BCUT2D eigenvalue weighted by Gasteiger charge is 2.34. The minimum Gasteiger partial charge on any atom is -0.463 e. The molecule has 2 amide bonds. The van der Waals surface area contributed by atoms with Crippen molar-refractivity contribution in [2.45, 2.75) is 19.4 Å². The maximum Gasteiger partial charge on any atom is 0.338 e. The predicted octanol–water partition coefficient (Wildman–Crippen LogP) is 0.458. The molecule has 4 N–H and O–H groups in total. The molecule has 136 valence electrons. The van der Waals surface area contributed by atoms with Crippen molar-refractivity contribution in [1.82, 2.24) is 10.6 Å². The van der Waals surface area contributed by atoms with Crippen LogP contribution in [-0.4, -0.2) is 45.4 Å². The zero-order chi connectivity index (χ0) is 18.1. The number of methoxy groups -OCH3 is 1. The molecule has 1 heterocycles. The number of nitrogens with two attached hydrogens (primary N) is 1. The standard InChI is InChI=1S/C18H25N3O4/c1-3-25-17(22)15-14(12-19-10-7-11-24-2)20-18(23)21-16(15)13-8-5-4-6-9-13/h4-6,8-9,16,19H,3,7,10-12H2,1-2H3,(H2,20,21,23)/p+1/t16-/m0/s1. The van der Waals surface area contributed by atoms with E-state index in [0.29, 0.717) is 24.4 Å². The fraction of sp³-hybridized carbons (Fsp3) is 0.444. The van der Waals surface area contributed by atoms with Crippen LogP contribution in [0.2, 0.25) is 0 Å². The quantitative estimate of drug-likeness (QED) is 0.446. The summed E-state index contributed by atoms with van der Waals surface area (Å²) in [6, 6.07) is 8.58. The van der Waals surface area contributed by atoms with Crippen molar-refractivity contribution in [2.24, 2.45) is 0 Å². The molecule has 1 aromatic rings. The molecule has 0 saturated carbocycles. The van der Waals surface area contributed by atoms with Gasteiger partial charge in [-0.25, -0.2) is 9.59 Å². The Morgan fingerprint density at radius 2 is 2.04 bits per heavy atom. The van der Waals surface area contributed by atoms with E-state index in [1.54, 1.807) is 14.0 Å². The number of hydrogen-bond acceptors (Lipinski definition) is 4. The van der Waals surface area contributed by atoms with E-state index in [2.05, 4.69) is 10.6 Å². The van der Waals surface area contributed by atoms with Gasteiger partial charge in [0.1, 0.15) is 6.54 Å². The van der Waals surface area contributed by atoms with E-state index in [1.807, 2.05) is 35.6 Å². The van der Waals surface area contributed by atoms with Crippen LogP contribution in [0, 0.1) is 0 Å². The number of rotatable bonds is 9. The first-order valence-electron chi connectivity index (χ1n) is 8.50. The highest BCUT2D eigenvalue weighted by molar-refractivity contribution is 5.95. The maximum atomic E-state index is 12.5. The molecule has 1 aliphatic heterocycles. The zero-order valence-corrected chi connectivity index (χ0v) is 14.7. The summed E-state index contributed by atoms with van der Waals surface area (Å²) in [6.07, 6.45) is 0.896. The largest absolute Gasteiger partial charge is 0.463 e. The molecule has 0 aliphatic carbocycles. The number of benzene rings is 1. The van der Waals surface area contributed by atoms with Crippen molar-refractivity contribution in [1.29, 1.82) is 0 Å². The third-order valence-corrected chi connectivity index (χ3v) is 3.89. The topological polar surface area (TPSA) is 93.3 Å². The van der Waals surface area contributed by atoms with Crippen molar-refractivity contribution in [3.8, 4) is 0 Å². The highest BCUT2D eigenvalue weighted by Crippen LogP contribution is 2.27. The molecule has 0 radical (unpaired) electrons. The molecule has 7 nitrogen and oxygen atoms in total. The lowest BCUT2D eigenvalue weighted by Crippen LogP contribution is -2.85. The Morgan fingerprint density at radius 3 is 2.72 bits per heavy atom. The Labute approximate surface area is 147 Å². The average molecular weight is 348 g/mol. The van der Waals surface area contributed by atoms with E-state index in [9.17, 15) is 9.59 Å². The Hall–Kier alpha value is -2.38. The molecular formula is C18H26N3O4+. The van der Waals surface area contributed by atoms with E-state index in [-0.39, 0.29) is 12.6 Å². The summed E-state index contributed by atoms with van der Waals surface area (Å²) < 4.78 is 10.3. The molecule has 0 aromatic heterocycles. The number of urea groups is 1. The Morgan fingerprint density at radius 1 is 1.28 bits per heavy atom. The van der Waals surface area contributed by atoms with Crippen molar-refractivity contribution in [3.05, 3.63) is 47.2 Å². The number of carbonyl (C=O) groups excluding carboxylic acids is 2. The average Bonchev–Trinajstić information content (AvgIpc) is 2.62. The molecule has 0 unspecified atom stereocenters. The van der Waals surface area contributed by atoms with Crippen LogP contribution in [0.3, 0.4) is 0 Å². The van der Waals surface area contributed by atoms with Crippen LogP contribution >= 0.6 is 0 Å². The van der Waals surface area contributed by atoms with Gasteiger partial charge in [-0.2, -0.15) is 0 Å².